The van der Waals surface area contributed by atoms with E-state index >= 15 is 0 Å². The maximum absolute atomic E-state index is 13.5. The van der Waals surface area contributed by atoms with E-state index in [1.54, 1.807) is 31.4 Å². The first kappa shape index (κ1) is 16.3. The Balaban J connectivity index is 2.25. The molecule has 0 bridgehead atoms. The molecule has 0 unspecified atom stereocenters. The number of carbonyl (C=O) groups excluding carboxylic acids is 1. The number of hydrogen-bond acceptors (Lipinski definition) is 5. The third-order valence-corrected chi connectivity index (χ3v) is 4.87. The van der Waals surface area contributed by atoms with Gasteiger partial charge in [-0.25, -0.2) is 13.8 Å². The molecule has 0 spiro atoms. The van der Waals surface area contributed by atoms with Crippen LogP contribution >= 0.6 is 11.3 Å². The third kappa shape index (κ3) is 2.71. The van der Waals surface area contributed by atoms with E-state index in [0.717, 1.165) is 11.3 Å². The number of anilines is 1. The Labute approximate surface area is 140 Å². The predicted molar refractivity (Wildman–Crippen MR) is 91.0 cm³/mol. The number of halogens is 2. The lowest BCUT2D eigenvalue weighted by atomic mass is 10.1. The van der Waals surface area contributed by atoms with Crippen LogP contribution in [0.1, 0.15) is 28.6 Å². The van der Waals surface area contributed by atoms with Crippen LogP contribution in [0.15, 0.2) is 30.3 Å². The number of nitrogens with two attached hydrogens (primary N) is 1. The minimum atomic E-state index is -2.72. The molecule has 7 heteroatoms. The lowest BCUT2D eigenvalue weighted by Crippen LogP contribution is -1.97. The summed E-state index contributed by atoms with van der Waals surface area (Å²) in [5.74, 6) is 0.398. The fourth-order valence-corrected chi connectivity index (χ4v) is 3.52. The highest BCUT2D eigenvalue weighted by molar-refractivity contribution is 7.21. The number of thiophene rings is 1. The van der Waals surface area contributed by atoms with Crippen molar-refractivity contribution < 1.29 is 18.3 Å². The van der Waals surface area contributed by atoms with Gasteiger partial charge in [-0.1, -0.05) is 0 Å². The van der Waals surface area contributed by atoms with Gasteiger partial charge in [0.1, 0.15) is 10.6 Å². The molecule has 0 saturated carbocycles. The summed E-state index contributed by atoms with van der Waals surface area (Å²) >= 11 is 1.04. The molecule has 2 heterocycles. The smallest absolute Gasteiger partial charge is 0.264 e. The highest BCUT2D eigenvalue weighted by atomic mass is 32.1. The first-order chi connectivity index (χ1) is 11.4. The van der Waals surface area contributed by atoms with Gasteiger partial charge in [0, 0.05) is 23.4 Å². The van der Waals surface area contributed by atoms with E-state index in [-0.39, 0.29) is 27.3 Å². The van der Waals surface area contributed by atoms with Crippen LogP contribution in [0.4, 0.5) is 14.5 Å². The number of fused-ring (bicyclic) bond motifs is 1. The molecule has 4 nitrogen and oxygen atoms in total. The number of Topliss-reactive ketones (excluding diaryl/α,β-unsaturated/α-hetero) is 1. The SMILES string of the molecule is COc1ccc(-c2cc(C(F)F)c3c(N)c(C(C)=O)sc3n2)cc1. The van der Waals surface area contributed by atoms with E-state index in [9.17, 15) is 13.6 Å². The molecule has 0 amide bonds. The molecule has 0 radical (unpaired) electrons. The second-order valence-electron chi connectivity index (χ2n) is 5.21. The number of carbonyl (C=O) groups is 1. The van der Waals surface area contributed by atoms with Crippen molar-refractivity contribution in [1.82, 2.24) is 4.98 Å². The summed E-state index contributed by atoms with van der Waals surface area (Å²) in [6.45, 7) is 1.35. The molecule has 0 aliphatic carbocycles. The number of ether oxygens (including phenoxy) is 1. The molecule has 3 rings (SSSR count). The Hall–Kier alpha value is -2.54. The molecule has 1 aromatic carbocycles. The number of alkyl halides is 2. The monoisotopic (exact) mass is 348 g/mol. The van der Waals surface area contributed by atoms with Crippen molar-refractivity contribution in [2.24, 2.45) is 0 Å². The summed E-state index contributed by atoms with van der Waals surface area (Å²) in [4.78, 5) is 16.7. The van der Waals surface area contributed by atoms with Crippen LogP contribution in [-0.4, -0.2) is 17.9 Å². The maximum Gasteiger partial charge on any atom is 0.264 e. The average Bonchev–Trinajstić information content (AvgIpc) is 2.91. The number of methoxy groups -OCH3 is 1. The second kappa shape index (κ2) is 6.16. The van der Waals surface area contributed by atoms with Gasteiger partial charge >= 0.3 is 0 Å². The van der Waals surface area contributed by atoms with E-state index in [2.05, 4.69) is 4.98 Å². The van der Waals surface area contributed by atoms with Gasteiger partial charge in [0.2, 0.25) is 0 Å². The topological polar surface area (TPSA) is 65.2 Å². The zero-order chi connectivity index (χ0) is 17.4. The van der Waals surface area contributed by atoms with Crippen molar-refractivity contribution in [2.45, 2.75) is 13.3 Å². The number of ketones is 1. The van der Waals surface area contributed by atoms with Crippen LogP contribution in [0.25, 0.3) is 21.5 Å². The molecular formula is C17H14F2N2O2S. The summed E-state index contributed by atoms with van der Waals surface area (Å²) in [5, 5.41) is 0.164. The van der Waals surface area contributed by atoms with E-state index in [0.29, 0.717) is 21.8 Å². The molecule has 0 saturated heterocycles. The molecule has 0 atom stereocenters. The molecule has 24 heavy (non-hydrogen) atoms. The van der Waals surface area contributed by atoms with Crippen LogP contribution in [-0.2, 0) is 0 Å². The number of hydrogen-bond donors (Lipinski definition) is 1. The maximum atomic E-state index is 13.5. The molecule has 2 N–H and O–H groups in total. The van der Waals surface area contributed by atoms with Gasteiger partial charge in [-0.3, -0.25) is 4.79 Å². The summed E-state index contributed by atoms with van der Waals surface area (Å²) < 4.78 is 32.1. The Morgan fingerprint density at radius 2 is 1.96 bits per heavy atom. The van der Waals surface area contributed by atoms with Crippen molar-refractivity contribution >= 4 is 33.0 Å². The fourth-order valence-electron chi connectivity index (χ4n) is 2.49. The number of nitrogen functional groups attached to an aromatic ring is 1. The van der Waals surface area contributed by atoms with Gasteiger partial charge in [-0.2, -0.15) is 0 Å². The molecule has 0 fully saturated rings. The highest BCUT2D eigenvalue weighted by Crippen LogP contribution is 2.40. The molecular weight excluding hydrogens is 334 g/mol. The zero-order valence-corrected chi connectivity index (χ0v) is 13.8. The van der Waals surface area contributed by atoms with Crippen molar-refractivity contribution in [1.29, 1.82) is 0 Å². The first-order valence-corrected chi connectivity index (χ1v) is 7.90. The van der Waals surface area contributed by atoms with Gasteiger partial charge in [0.15, 0.2) is 5.78 Å². The minimum Gasteiger partial charge on any atom is -0.497 e. The largest absolute Gasteiger partial charge is 0.497 e. The standard InChI is InChI=1S/C17H14F2N2O2S/c1-8(22)15-14(20)13-11(16(18)19)7-12(21-17(13)24-15)9-3-5-10(23-2)6-4-9/h3-7,16H,20H2,1-2H3. The molecule has 124 valence electrons. The van der Waals surface area contributed by atoms with Crippen LogP contribution < -0.4 is 10.5 Å². The summed E-state index contributed by atoms with van der Waals surface area (Å²) in [5.41, 5.74) is 6.84. The van der Waals surface area contributed by atoms with E-state index in [1.165, 1.54) is 13.0 Å². The first-order valence-electron chi connectivity index (χ1n) is 7.08. The summed E-state index contributed by atoms with van der Waals surface area (Å²) in [6.07, 6.45) is -2.72. The molecule has 0 aliphatic heterocycles. The van der Waals surface area contributed by atoms with E-state index < -0.39 is 6.43 Å². The summed E-state index contributed by atoms with van der Waals surface area (Å²) in [6, 6.07) is 8.26. The fraction of sp³-hybridized carbons (Fsp3) is 0.176. The van der Waals surface area contributed by atoms with Gasteiger partial charge in [-0.15, -0.1) is 11.3 Å². The van der Waals surface area contributed by atoms with Crippen molar-refractivity contribution in [3.8, 4) is 17.0 Å². The van der Waals surface area contributed by atoms with Crippen LogP contribution in [0.2, 0.25) is 0 Å². The Bertz CT molecular complexity index is 920. The van der Waals surface area contributed by atoms with Crippen molar-refractivity contribution in [2.75, 3.05) is 12.8 Å². The van der Waals surface area contributed by atoms with Crippen LogP contribution in [0.3, 0.4) is 0 Å². The number of benzene rings is 1. The Morgan fingerprint density at radius 3 is 2.50 bits per heavy atom. The van der Waals surface area contributed by atoms with E-state index in [1.807, 2.05) is 0 Å². The number of aromatic nitrogens is 1. The highest BCUT2D eigenvalue weighted by Gasteiger charge is 2.22. The van der Waals surface area contributed by atoms with Crippen molar-refractivity contribution in [3.05, 3.63) is 40.8 Å². The van der Waals surface area contributed by atoms with Gasteiger partial charge < -0.3 is 10.5 Å². The molecule has 3 aromatic rings. The number of rotatable bonds is 4. The second-order valence-corrected chi connectivity index (χ2v) is 6.21. The lowest BCUT2D eigenvalue weighted by molar-refractivity contribution is 0.102. The zero-order valence-electron chi connectivity index (χ0n) is 13.0. The normalized spacial score (nSPS) is 11.2. The summed E-state index contributed by atoms with van der Waals surface area (Å²) in [7, 11) is 1.55. The average molecular weight is 348 g/mol. The number of pyridine rings is 1. The molecule has 2 aromatic heterocycles. The number of nitrogens with zero attached hydrogens (tertiary/aromatic N) is 1. The lowest BCUT2D eigenvalue weighted by Gasteiger charge is -2.08. The van der Waals surface area contributed by atoms with Gasteiger partial charge in [0.05, 0.1) is 23.4 Å². The van der Waals surface area contributed by atoms with Crippen molar-refractivity contribution in [3.63, 3.8) is 0 Å². The quantitative estimate of drug-likeness (QED) is 0.695. The third-order valence-electron chi connectivity index (χ3n) is 3.67. The van der Waals surface area contributed by atoms with Gasteiger partial charge in [0.25, 0.3) is 6.43 Å². The Kier molecular flexibility index (Phi) is 4.19. The Morgan fingerprint density at radius 1 is 1.29 bits per heavy atom. The predicted octanol–water partition coefficient (Wildman–Crippen LogP) is 4.69. The van der Waals surface area contributed by atoms with Gasteiger partial charge in [-0.05, 0) is 30.3 Å². The van der Waals surface area contributed by atoms with E-state index in [4.69, 9.17) is 10.5 Å². The minimum absolute atomic E-state index is 0.0755. The van der Waals surface area contributed by atoms with Crippen LogP contribution in [0, 0.1) is 0 Å². The van der Waals surface area contributed by atoms with Crippen LogP contribution in [0.5, 0.6) is 5.75 Å². The molecule has 0 aliphatic rings.